The van der Waals surface area contributed by atoms with Crippen LogP contribution in [0.1, 0.15) is 58.2 Å². The SMILES string of the molecule is CC1CCC(CO)(Nc2cc(N)nc(C(C)C)n2)CC1. The summed E-state index contributed by atoms with van der Waals surface area (Å²) < 4.78 is 0. The van der Waals surface area contributed by atoms with Crippen LogP contribution in [0.5, 0.6) is 0 Å². The van der Waals surface area contributed by atoms with Gasteiger partial charge in [0.25, 0.3) is 0 Å². The molecule has 1 aliphatic rings. The quantitative estimate of drug-likeness (QED) is 0.788. The van der Waals surface area contributed by atoms with Gasteiger partial charge >= 0.3 is 0 Å². The van der Waals surface area contributed by atoms with Gasteiger partial charge in [0, 0.05) is 12.0 Å². The summed E-state index contributed by atoms with van der Waals surface area (Å²) in [5.74, 6) is 2.91. The van der Waals surface area contributed by atoms with Gasteiger partial charge in [-0.15, -0.1) is 0 Å². The van der Waals surface area contributed by atoms with Crippen LogP contribution in [0.3, 0.4) is 0 Å². The molecule has 0 radical (unpaired) electrons. The minimum Gasteiger partial charge on any atom is -0.394 e. The minimum atomic E-state index is -0.262. The van der Waals surface area contributed by atoms with Crippen molar-refractivity contribution >= 4 is 11.6 Å². The minimum absolute atomic E-state index is 0.126. The van der Waals surface area contributed by atoms with Crippen LogP contribution in [-0.2, 0) is 0 Å². The topological polar surface area (TPSA) is 84.1 Å². The predicted octanol–water partition coefficient (Wildman–Crippen LogP) is 2.54. The standard InChI is InChI=1S/C15H26N4O/c1-10(2)14-17-12(16)8-13(18-14)19-15(9-20)6-4-11(3)5-7-15/h8,10-11,20H,4-7,9H2,1-3H3,(H3,16,17,18,19). The Kier molecular flexibility index (Phi) is 4.48. The lowest BCUT2D eigenvalue weighted by Crippen LogP contribution is -2.45. The molecule has 0 amide bonds. The van der Waals surface area contributed by atoms with Gasteiger partial charge in [-0.25, -0.2) is 9.97 Å². The Morgan fingerprint density at radius 3 is 2.60 bits per heavy atom. The molecule has 0 spiro atoms. The van der Waals surface area contributed by atoms with Gasteiger partial charge in [-0.05, 0) is 31.6 Å². The zero-order valence-corrected chi connectivity index (χ0v) is 12.7. The lowest BCUT2D eigenvalue weighted by atomic mass is 9.77. The smallest absolute Gasteiger partial charge is 0.135 e. The van der Waals surface area contributed by atoms with Crippen molar-refractivity contribution in [3.63, 3.8) is 0 Å². The first kappa shape index (κ1) is 15.0. The van der Waals surface area contributed by atoms with E-state index >= 15 is 0 Å². The molecule has 2 rings (SSSR count). The molecule has 1 aromatic rings. The van der Waals surface area contributed by atoms with Crippen molar-refractivity contribution in [2.45, 2.75) is 57.9 Å². The summed E-state index contributed by atoms with van der Waals surface area (Å²) in [6.07, 6.45) is 4.19. The third kappa shape index (κ3) is 3.39. The largest absolute Gasteiger partial charge is 0.394 e. The first-order chi connectivity index (χ1) is 9.44. The summed E-state index contributed by atoms with van der Waals surface area (Å²) in [7, 11) is 0. The number of nitrogens with one attached hydrogen (secondary N) is 1. The monoisotopic (exact) mass is 278 g/mol. The number of hydrogen-bond acceptors (Lipinski definition) is 5. The Balaban J connectivity index is 2.19. The Bertz CT molecular complexity index is 453. The van der Waals surface area contributed by atoms with E-state index in [-0.39, 0.29) is 18.1 Å². The molecule has 1 aromatic heterocycles. The molecule has 0 aliphatic heterocycles. The van der Waals surface area contributed by atoms with Crippen molar-refractivity contribution in [2.75, 3.05) is 17.7 Å². The van der Waals surface area contributed by atoms with Crippen LogP contribution in [0.4, 0.5) is 11.6 Å². The number of rotatable bonds is 4. The lowest BCUT2D eigenvalue weighted by molar-refractivity contribution is 0.155. The maximum atomic E-state index is 9.80. The van der Waals surface area contributed by atoms with E-state index in [0.29, 0.717) is 5.82 Å². The van der Waals surface area contributed by atoms with Gasteiger partial charge in [0.15, 0.2) is 0 Å². The van der Waals surface area contributed by atoms with E-state index in [4.69, 9.17) is 5.73 Å². The number of nitrogen functional groups attached to an aromatic ring is 1. The molecule has 0 saturated heterocycles. The third-order valence-corrected chi connectivity index (χ3v) is 4.21. The van der Waals surface area contributed by atoms with Crippen LogP contribution in [0, 0.1) is 5.92 Å². The maximum Gasteiger partial charge on any atom is 0.135 e. The predicted molar refractivity (Wildman–Crippen MR) is 81.6 cm³/mol. The maximum absolute atomic E-state index is 9.80. The summed E-state index contributed by atoms with van der Waals surface area (Å²) in [5, 5.41) is 13.2. The number of aromatic nitrogens is 2. The molecule has 4 N–H and O–H groups in total. The van der Waals surface area contributed by atoms with Crippen LogP contribution in [0.2, 0.25) is 0 Å². The average Bonchev–Trinajstić information content (AvgIpc) is 2.41. The molecule has 20 heavy (non-hydrogen) atoms. The highest BCUT2D eigenvalue weighted by atomic mass is 16.3. The van der Waals surface area contributed by atoms with Gasteiger partial charge in [-0.2, -0.15) is 0 Å². The molecule has 1 aliphatic carbocycles. The van der Waals surface area contributed by atoms with Gasteiger partial charge in [0.05, 0.1) is 12.1 Å². The molecule has 1 heterocycles. The van der Waals surface area contributed by atoms with Gasteiger partial charge < -0.3 is 16.2 Å². The van der Waals surface area contributed by atoms with Gasteiger partial charge in [0.1, 0.15) is 17.5 Å². The van der Waals surface area contributed by atoms with E-state index in [9.17, 15) is 5.11 Å². The summed E-state index contributed by atoms with van der Waals surface area (Å²) in [5.41, 5.74) is 5.59. The molecule has 1 fully saturated rings. The highest BCUT2D eigenvalue weighted by molar-refractivity contribution is 5.47. The summed E-state index contributed by atoms with van der Waals surface area (Å²) in [6, 6.07) is 1.75. The molecular weight excluding hydrogens is 252 g/mol. The Morgan fingerprint density at radius 2 is 2.05 bits per heavy atom. The number of hydrogen-bond donors (Lipinski definition) is 3. The third-order valence-electron chi connectivity index (χ3n) is 4.21. The normalized spacial score (nSPS) is 26.8. The molecule has 1 saturated carbocycles. The highest BCUT2D eigenvalue weighted by Crippen LogP contribution is 2.34. The molecule has 5 nitrogen and oxygen atoms in total. The average molecular weight is 278 g/mol. The second kappa shape index (κ2) is 5.95. The molecule has 0 aromatic carbocycles. The second-order valence-electron chi connectivity index (χ2n) is 6.44. The van der Waals surface area contributed by atoms with Crippen molar-refractivity contribution in [2.24, 2.45) is 5.92 Å². The van der Waals surface area contributed by atoms with Crippen LogP contribution < -0.4 is 11.1 Å². The van der Waals surface area contributed by atoms with E-state index in [1.165, 1.54) is 0 Å². The van der Waals surface area contributed by atoms with Crippen molar-refractivity contribution in [3.8, 4) is 0 Å². The number of nitrogens with zero attached hydrogens (tertiary/aromatic N) is 2. The van der Waals surface area contributed by atoms with Crippen molar-refractivity contribution in [1.29, 1.82) is 0 Å². The Morgan fingerprint density at radius 1 is 1.40 bits per heavy atom. The fraction of sp³-hybridized carbons (Fsp3) is 0.733. The lowest BCUT2D eigenvalue weighted by Gasteiger charge is -2.39. The number of nitrogens with two attached hydrogens (primary N) is 1. The highest BCUT2D eigenvalue weighted by Gasteiger charge is 2.34. The number of anilines is 2. The van der Waals surface area contributed by atoms with E-state index in [1.807, 2.05) is 13.8 Å². The second-order valence-corrected chi connectivity index (χ2v) is 6.44. The zero-order chi connectivity index (χ0) is 14.8. The first-order valence-electron chi connectivity index (χ1n) is 7.47. The summed E-state index contributed by atoms with van der Waals surface area (Å²) >= 11 is 0. The van der Waals surface area contributed by atoms with Gasteiger partial charge in [-0.1, -0.05) is 20.8 Å². The van der Waals surface area contributed by atoms with E-state index in [0.717, 1.165) is 43.2 Å². The molecule has 0 bridgehead atoms. The van der Waals surface area contributed by atoms with Gasteiger partial charge in [-0.3, -0.25) is 0 Å². The van der Waals surface area contributed by atoms with E-state index in [2.05, 4.69) is 22.2 Å². The van der Waals surface area contributed by atoms with Crippen LogP contribution in [-0.4, -0.2) is 27.2 Å². The fourth-order valence-corrected chi connectivity index (χ4v) is 2.72. The Labute approximate surface area is 121 Å². The molecule has 0 atom stereocenters. The number of aliphatic hydroxyl groups is 1. The van der Waals surface area contributed by atoms with E-state index in [1.54, 1.807) is 6.07 Å². The van der Waals surface area contributed by atoms with Crippen molar-refractivity contribution in [1.82, 2.24) is 9.97 Å². The molecular formula is C15H26N4O. The van der Waals surface area contributed by atoms with Crippen LogP contribution >= 0.6 is 0 Å². The molecule has 112 valence electrons. The fourth-order valence-electron chi connectivity index (χ4n) is 2.72. The van der Waals surface area contributed by atoms with Crippen LogP contribution in [0.25, 0.3) is 0 Å². The molecule has 5 heteroatoms. The Hall–Kier alpha value is -1.36. The molecule has 0 unspecified atom stereocenters. The van der Waals surface area contributed by atoms with Crippen molar-refractivity contribution < 1.29 is 5.11 Å². The first-order valence-corrected chi connectivity index (χ1v) is 7.47. The van der Waals surface area contributed by atoms with Gasteiger partial charge in [0.2, 0.25) is 0 Å². The summed E-state index contributed by atoms with van der Waals surface area (Å²) in [4.78, 5) is 8.78. The number of aliphatic hydroxyl groups excluding tert-OH is 1. The summed E-state index contributed by atoms with van der Waals surface area (Å²) in [6.45, 7) is 6.48. The van der Waals surface area contributed by atoms with Crippen LogP contribution in [0.15, 0.2) is 6.07 Å². The van der Waals surface area contributed by atoms with Crippen molar-refractivity contribution in [3.05, 3.63) is 11.9 Å². The van der Waals surface area contributed by atoms with E-state index < -0.39 is 0 Å². The zero-order valence-electron chi connectivity index (χ0n) is 12.7.